The molecule has 3 heterocycles. The Kier molecular flexibility index (Phi) is 5.21. The first-order valence-corrected chi connectivity index (χ1v) is 9.67. The number of benzene rings is 1. The molecule has 0 spiro atoms. The van der Waals surface area contributed by atoms with Crippen molar-refractivity contribution in [3.05, 3.63) is 64.1 Å². The smallest absolute Gasteiger partial charge is 0.357 e. The molecule has 0 bridgehead atoms. The third kappa shape index (κ3) is 4.01. The van der Waals surface area contributed by atoms with Crippen molar-refractivity contribution in [1.29, 1.82) is 0 Å². The first-order valence-electron chi connectivity index (χ1n) is 9.67. The Morgan fingerprint density at radius 2 is 1.87 bits per heavy atom. The minimum atomic E-state index is -4.40. The second-order valence-electron chi connectivity index (χ2n) is 7.57. The van der Waals surface area contributed by atoms with Crippen molar-refractivity contribution in [3.63, 3.8) is 0 Å². The second-order valence-corrected chi connectivity index (χ2v) is 7.57. The van der Waals surface area contributed by atoms with Gasteiger partial charge < -0.3 is 4.90 Å². The molecule has 1 aromatic carbocycles. The first-order chi connectivity index (χ1) is 14.2. The van der Waals surface area contributed by atoms with Gasteiger partial charge >= 0.3 is 6.18 Å². The van der Waals surface area contributed by atoms with Gasteiger partial charge in [0, 0.05) is 31.9 Å². The quantitative estimate of drug-likeness (QED) is 0.597. The highest BCUT2D eigenvalue weighted by molar-refractivity contribution is 5.77. The molecule has 0 N–H and O–H groups in total. The van der Waals surface area contributed by atoms with Crippen LogP contribution in [0, 0.1) is 18.7 Å². The molecule has 4 rings (SSSR count). The summed E-state index contributed by atoms with van der Waals surface area (Å²) in [6, 6.07) is 6.39. The van der Waals surface area contributed by atoms with Crippen molar-refractivity contribution in [2.24, 2.45) is 5.92 Å². The summed E-state index contributed by atoms with van der Waals surface area (Å²) in [6.45, 7) is 3.51. The summed E-state index contributed by atoms with van der Waals surface area (Å²) in [5, 5.41) is 0.383. The Morgan fingerprint density at radius 3 is 2.50 bits per heavy atom. The van der Waals surface area contributed by atoms with Crippen molar-refractivity contribution in [1.82, 2.24) is 14.5 Å². The molecule has 0 amide bonds. The normalized spacial score (nSPS) is 15.7. The van der Waals surface area contributed by atoms with Crippen molar-refractivity contribution < 1.29 is 17.6 Å². The number of halogens is 4. The Morgan fingerprint density at radius 1 is 1.13 bits per heavy atom. The molecule has 9 heteroatoms. The number of rotatable bonds is 3. The van der Waals surface area contributed by atoms with Gasteiger partial charge in [-0.3, -0.25) is 9.36 Å². The first kappa shape index (κ1) is 20.3. The molecule has 5 nitrogen and oxygen atoms in total. The molecule has 1 fully saturated rings. The zero-order chi connectivity index (χ0) is 21.5. The number of nitrogens with zero attached hydrogens (tertiary/aromatic N) is 4. The standard InChI is InChI=1S/C21H20F4N4O/c1-13-27-18-10-16(22)3-4-17(18)20(30)29(13)12-14-6-8-28(9-7-14)19-5-2-15(11-26-19)21(23,24)25/h2-5,10-11,14H,6-9,12H2,1H3. The Balaban J connectivity index is 1.45. The van der Waals surface area contributed by atoms with E-state index in [0.717, 1.165) is 25.1 Å². The van der Waals surface area contributed by atoms with Crippen LogP contribution in [0.25, 0.3) is 10.9 Å². The fraction of sp³-hybridized carbons (Fsp3) is 0.381. The van der Waals surface area contributed by atoms with Gasteiger partial charge in [-0.05, 0) is 49.9 Å². The number of anilines is 1. The molecule has 1 saturated heterocycles. The number of alkyl halides is 3. The summed E-state index contributed by atoms with van der Waals surface area (Å²) in [7, 11) is 0. The monoisotopic (exact) mass is 420 g/mol. The fourth-order valence-corrected chi connectivity index (χ4v) is 3.86. The number of hydrogen-bond donors (Lipinski definition) is 0. The average Bonchev–Trinajstić information content (AvgIpc) is 2.71. The van der Waals surface area contributed by atoms with Crippen LogP contribution in [-0.2, 0) is 12.7 Å². The third-order valence-electron chi connectivity index (χ3n) is 5.56. The highest BCUT2D eigenvalue weighted by atomic mass is 19.4. The van der Waals surface area contributed by atoms with Crippen molar-refractivity contribution in [3.8, 4) is 0 Å². The maximum absolute atomic E-state index is 13.4. The van der Waals surface area contributed by atoms with Gasteiger partial charge in [0.1, 0.15) is 17.5 Å². The van der Waals surface area contributed by atoms with Crippen LogP contribution in [0.15, 0.2) is 41.3 Å². The number of hydrogen-bond acceptors (Lipinski definition) is 4. The summed E-state index contributed by atoms with van der Waals surface area (Å²) in [4.78, 5) is 23.1. The van der Waals surface area contributed by atoms with Crippen molar-refractivity contribution in [2.75, 3.05) is 18.0 Å². The Bertz CT molecular complexity index is 1120. The summed E-state index contributed by atoms with van der Waals surface area (Å²) in [5.74, 6) is 0.844. The number of pyridine rings is 1. The van der Waals surface area contributed by atoms with Gasteiger partial charge in [0.25, 0.3) is 5.56 Å². The lowest BCUT2D eigenvalue weighted by atomic mass is 9.96. The Labute approximate surface area is 170 Å². The number of piperidine rings is 1. The van der Waals surface area contributed by atoms with E-state index in [9.17, 15) is 22.4 Å². The topological polar surface area (TPSA) is 51.0 Å². The minimum absolute atomic E-state index is 0.190. The van der Waals surface area contributed by atoms with E-state index in [1.54, 1.807) is 11.5 Å². The summed E-state index contributed by atoms with van der Waals surface area (Å²) in [6.07, 6.45) is -2.00. The van der Waals surface area contributed by atoms with E-state index in [0.29, 0.717) is 42.2 Å². The van der Waals surface area contributed by atoms with Gasteiger partial charge in [-0.1, -0.05) is 0 Å². The van der Waals surface area contributed by atoms with Gasteiger partial charge in [0.15, 0.2) is 0 Å². The summed E-state index contributed by atoms with van der Waals surface area (Å²) >= 11 is 0. The van der Waals surface area contributed by atoms with Gasteiger partial charge in [-0.25, -0.2) is 14.4 Å². The van der Waals surface area contributed by atoms with E-state index in [1.807, 2.05) is 4.90 Å². The lowest BCUT2D eigenvalue weighted by Gasteiger charge is -2.33. The van der Waals surface area contributed by atoms with Crippen molar-refractivity contribution >= 4 is 16.7 Å². The molecule has 3 aromatic rings. The molecule has 158 valence electrons. The lowest BCUT2D eigenvalue weighted by Crippen LogP contribution is -2.37. The van der Waals surface area contributed by atoms with E-state index < -0.39 is 17.6 Å². The molecule has 0 aliphatic carbocycles. The predicted octanol–water partition coefficient (Wildman–Crippen LogP) is 4.17. The lowest BCUT2D eigenvalue weighted by molar-refractivity contribution is -0.137. The van der Waals surface area contributed by atoms with E-state index in [-0.39, 0.29) is 11.5 Å². The van der Waals surface area contributed by atoms with Gasteiger partial charge in [0.05, 0.1) is 16.5 Å². The minimum Gasteiger partial charge on any atom is -0.357 e. The fourth-order valence-electron chi connectivity index (χ4n) is 3.86. The molecule has 30 heavy (non-hydrogen) atoms. The van der Waals surface area contributed by atoms with E-state index in [2.05, 4.69) is 9.97 Å². The van der Waals surface area contributed by atoms with Crippen LogP contribution in [0.3, 0.4) is 0 Å². The van der Waals surface area contributed by atoms with Crippen LogP contribution in [0.1, 0.15) is 24.2 Å². The number of aryl methyl sites for hydroxylation is 1. The highest BCUT2D eigenvalue weighted by Crippen LogP contribution is 2.30. The van der Waals surface area contributed by atoms with Crippen LogP contribution in [0.5, 0.6) is 0 Å². The van der Waals surface area contributed by atoms with Crippen molar-refractivity contribution in [2.45, 2.75) is 32.5 Å². The second kappa shape index (κ2) is 7.70. The SMILES string of the molecule is Cc1nc2cc(F)ccc2c(=O)n1CC1CCN(c2ccc(C(F)(F)F)cn2)CC1. The molecule has 0 radical (unpaired) electrons. The Hall–Kier alpha value is -2.97. The molecule has 0 unspecified atom stereocenters. The van der Waals surface area contributed by atoms with Crippen LogP contribution < -0.4 is 10.5 Å². The maximum Gasteiger partial charge on any atom is 0.417 e. The number of aromatic nitrogens is 3. The molecule has 2 aromatic heterocycles. The van der Waals surface area contributed by atoms with Gasteiger partial charge in [-0.15, -0.1) is 0 Å². The van der Waals surface area contributed by atoms with E-state index >= 15 is 0 Å². The third-order valence-corrected chi connectivity index (χ3v) is 5.56. The largest absolute Gasteiger partial charge is 0.417 e. The van der Waals surface area contributed by atoms with E-state index in [4.69, 9.17) is 0 Å². The molecule has 1 aliphatic heterocycles. The molecule has 0 saturated carbocycles. The van der Waals surface area contributed by atoms with Crippen LogP contribution in [0.4, 0.5) is 23.4 Å². The van der Waals surface area contributed by atoms with E-state index in [1.165, 1.54) is 24.3 Å². The summed E-state index contributed by atoms with van der Waals surface area (Å²) < 4.78 is 53.1. The molecule has 0 atom stereocenters. The molecular formula is C21H20F4N4O. The maximum atomic E-state index is 13.4. The van der Waals surface area contributed by atoms with Gasteiger partial charge in [-0.2, -0.15) is 13.2 Å². The summed E-state index contributed by atoms with van der Waals surface area (Å²) in [5.41, 5.74) is -0.610. The molecule has 1 aliphatic rings. The van der Waals surface area contributed by atoms with Crippen LogP contribution in [-0.4, -0.2) is 27.6 Å². The average molecular weight is 420 g/mol. The predicted molar refractivity (Wildman–Crippen MR) is 105 cm³/mol. The number of fused-ring (bicyclic) bond motifs is 1. The van der Waals surface area contributed by atoms with Gasteiger partial charge in [0.2, 0.25) is 0 Å². The zero-order valence-electron chi connectivity index (χ0n) is 16.3. The van der Waals surface area contributed by atoms with Crippen LogP contribution in [0.2, 0.25) is 0 Å². The zero-order valence-corrected chi connectivity index (χ0v) is 16.3. The molecular weight excluding hydrogens is 400 g/mol. The van der Waals surface area contributed by atoms with Crippen LogP contribution >= 0.6 is 0 Å². The highest BCUT2D eigenvalue weighted by Gasteiger charge is 2.31.